The lowest BCUT2D eigenvalue weighted by molar-refractivity contribution is 0.102. The van der Waals surface area contributed by atoms with Gasteiger partial charge in [-0.3, -0.25) is 4.79 Å². The minimum atomic E-state index is -0.257. The highest BCUT2D eigenvalue weighted by Crippen LogP contribution is 2.36. The summed E-state index contributed by atoms with van der Waals surface area (Å²) in [5, 5.41) is 3.23. The molecule has 0 saturated carbocycles. The number of carbonyl (C=O) groups is 1. The van der Waals surface area contributed by atoms with Crippen molar-refractivity contribution in [2.75, 3.05) is 26.1 Å². The molecule has 1 amide bonds. The number of rotatable bonds is 10. The number of benzene rings is 2. The highest BCUT2D eigenvalue weighted by molar-refractivity contribution is 6.32. The second-order valence-electron chi connectivity index (χ2n) is 6.07. The predicted molar refractivity (Wildman–Crippen MR) is 109 cm³/mol. The van der Waals surface area contributed by atoms with Crippen LogP contribution < -0.4 is 19.5 Å². The van der Waals surface area contributed by atoms with Crippen molar-refractivity contribution in [3.8, 4) is 17.2 Å². The Morgan fingerprint density at radius 2 is 1.70 bits per heavy atom. The van der Waals surface area contributed by atoms with E-state index in [0.29, 0.717) is 34.4 Å². The van der Waals surface area contributed by atoms with Crippen LogP contribution in [0.5, 0.6) is 17.2 Å². The van der Waals surface area contributed by atoms with Crippen molar-refractivity contribution < 1.29 is 19.0 Å². The molecule has 0 radical (unpaired) electrons. The molecule has 0 aromatic heterocycles. The number of halogens is 1. The summed E-state index contributed by atoms with van der Waals surface area (Å²) in [5.41, 5.74) is 1.00. The molecule has 0 aliphatic rings. The topological polar surface area (TPSA) is 56.8 Å². The van der Waals surface area contributed by atoms with Gasteiger partial charge in [0, 0.05) is 17.7 Å². The number of hydrogen-bond donors (Lipinski definition) is 1. The molecular weight excluding hydrogens is 366 g/mol. The third-order valence-electron chi connectivity index (χ3n) is 4.11. The molecule has 2 rings (SSSR count). The molecule has 0 fully saturated rings. The van der Waals surface area contributed by atoms with Crippen molar-refractivity contribution in [1.29, 1.82) is 0 Å². The fraction of sp³-hybridized carbons (Fsp3) is 0.381. The van der Waals surface area contributed by atoms with Gasteiger partial charge in [0.05, 0.1) is 31.5 Å². The van der Waals surface area contributed by atoms with Crippen molar-refractivity contribution >= 4 is 23.2 Å². The number of nitrogens with one attached hydrogen (secondary N) is 1. The number of anilines is 1. The minimum Gasteiger partial charge on any atom is -0.495 e. The molecule has 0 bridgehead atoms. The van der Waals surface area contributed by atoms with Crippen molar-refractivity contribution in [2.45, 2.75) is 32.6 Å². The van der Waals surface area contributed by atoms with Crippen molar-refractivity contribution in [2.24, 2.45) is 0 Å². The van der Waals surface area contributed by atoms with Gasteiger partial charge in [-0.2, -0.15) is 0 Å². The summed E-state index contributed by atoms with van der Waals surface area (Å²) in [5.74, 6) is 1.42. The van der Waals surface area contributed by atoms with Gasteiger partial charge in [0.1, 0.15) is 17.2 Å². The molecule has 146 valence electrons. The van der Waals surface area contributed by atoms with Crippen LogP contribution in [0.2, 0.25) is 5.02 Å². The smallest absolute Gasteiger partial charge is 0.255 e. The number of carbonyl (C=O) groups excluding carboxylic acids is 1. The molecule has 0 saturated heterocycles. The Hall–Kier alpha value is -2.40. The van der Waals surface area contributed by atoms with Crippen LogP contribution in [-0.2, 0) is 0 Å². The summed E-state index contributed by atoms with van der Waals surface area (Å²) in [7, 11) is 3.03. The Kier molecular flexibility index (Phi) is 8.27. The zero-order chi connectivity index (χ0) is 19.6. The maximum absolute atomic E-state index is 12.5. The van der Waals surface area contributed by atoms with E-state index in [9.17, 15) is 4.79 Å². The third kappa shape index (κ3) is 6.07. The highest BCUT2D eigenvalue weighted by atomic mass is 35.5. The van der Waals surface area contributed by atoms with Gasteiger partial charge in [0.2, 0.25) is 0 Å². The van der Waals surface area contributed by atoms with Gasteiger partial charge in [0.15, 0.2) is 0 Å². The number of methoxy groups -OCH3 is 2. The van der Waals surface area contributed by atoms with Crippen LogP contribution in [0.25, 0.3) is 0 Å². The highest BCUT2D eigenvalue weighted by Gasteiger charge is 2.14. The molecule has 2 aromatic carbocycles. The fourth-order valence-corrected chi connectivity index (χ4v) is 2.80. The lowest BCUT2D eigenvalue weighted by atomic mass is 10.2. The number of amides is 1. The summed E-state index contributed by atoms with van der Waals surface area (Å²) in [6, 6.07) is 10.3. The van der Waals surface area contributed by atoms with Gasteiger partial charge in [-0.25, -0.2) is 0 Å². The van der Waals surface area contributed by atoms with E-state index in [4.69, 9.17) is 25.8 Å². The zero-order valence-electron chi connectivity index (χ0n) is 16.0. The van der Waals surface area contributed by atoms with E-state index >= 15 is 0 Å². The number of hydrogen-bond acceptors (Lipinski definition) is 4. The van der Waals surface area contributed by atoms with E-state index < -0.39 is 0 Å². The van der Waals surface area contributed by atoms with Crippen molar-refractivity contribution in [1.82, 2.24) is 0 Å². The molecule has 0 heterocycles. The molecule has 5 nitrogen and oxygen atoms in total. The average molecular weight is 392 g/mol. The normalized spacial score (nSPS) is 10.4. The Labute approximate surface area is 165 Å². The van der Waals surface area contributed by atoms with Gasteiger partial charge >= 0.3 is 0 Å². The SMILES string of the molecule is CCCCCCOc1ccc(C(=O)Nc2cc(OC)c(Cl)cc2OC)cc1. The lowest BCUT2D eigenvalue weighted by Crippen LogP contribution is -2.12. The largest absolute Gasteiger partial charge is 0.495 e. The third-order valence-corrected chi connectivity index (χ3v) is 4.40. The van der Waals surface area contributed by atoms with Crippen LogP contribution in [0.4, 0.5) is 5.69 Å². The first kappa shape index (κ1) is 20.9. The molecule has 1 N–H and O–H groups in total. The Morgan fingerprint density at radius 1 is 1.00 bits per heavy atom. The molecular formula is C21H26ClNO4. The van der Waals surface area contributed by atoms with Crippen LogP contribution in [0.15, 0.2) is 36.4 Å². The first-order valence-corrected chi connectivity index (χ1v) is 9.42. The van der Waals surface area contributed by atoms with E-state index in [2.05, 4.69) is 12.2 Å². The molecule has 0 atom stereocenters. The first-order chi connectivity index (χ1) is 13.1. The van der Waals surface area contributed by atoms with Crippen LogP contribution in [0.3, 0.4) is 0 Å². The monoisotopic (exact) mass is 391 g/mol. The van der Waals surface area contributed by atoms with Gasteiger partial charge in [-0.05, 0) is 30.7 Å². The van der Waals surface area contributed by atoms with Crippen LogP contribution >= 0.6 is 11.6 Å². The average Bonchev–Trinajstić information content (AvgIpc) is 2.69. The van der Waals surface area contributed by atoms with Gasteiger partial charge in [0.25, 0.3) is 5.91 Å². The maximum atomic E-state index is 12.5. The number of ether oxygens (including phenoxy) is 3. The quantitative estimate of drug-likeness (QED) is 0.538. The summed E-state index contributed by atoms with van der Waals surface area (Å²) in [6.07, 6.45) is 4.63. The summed E-state index contributed by atoms with van der Waals surface area (Å²) < 4.78 is 16.2. The molecule has 0 unspecified atom stereocenters. The lowest BCUT2D eigenvalue weighted by Gasteiger charge is -2.13. The minimum absolute atomic E-state index is 0.257. The fourth-order valence-electron chi connectivity index (χ4n) is 2.57. The second kappa shape index (κ2) is 10.7. The van der Waals surface area contributed by atoms with Crippen molar-refractivity contribution in [3.63, 3.8) is 0 Å². The van der Waals surface area contributed by atoms with Crippen molar-refractivity contribution in [3.05, 3.63) is 47.0 Å². The Bertz CT molecular complexity index is 747. The van der Waals surface area contributed by atoms with E-state index in [1.165, 1.54) is 33.5 Å². The summed E-state index contributed by atoms with van der Waals surface area (Å²) in [6.45, 7) is 2.87. The predicted octanol–water partition coefficient (Wildman–Crippen LogP) is 5.57. The molecule has 0 spiro atoms. The van der Waals surface area contributed by atoms with Crippen LogP contribution in [0.1, 0.15) is 43.0 Å². The van der Waals surface area contributed by atoms with E-state index in [1.807, 2.05) is 0 Å². The first-order valence-electron chi connectivity index (χ1n) is 9.04. The van der Waals surface area contributed by atoms with Crippen LogP contribution in [0, 0.1) is 0 Å². The Balaban J connectivity index is 2.00. The van der Waals surface area contributed by atoms with Gasteiger partial charge in [-0.15, -0.1) is 0 Å². The molecule has 27 heavy (non-hydrogen) atoms. The maximum Gasteiger partial charge on any atom is 0.255 e. The summed E-state index contributed by atoms with van der Waals surface area (Å²) in [4.78, 5) is 12.5. The molecule has 0 aliphatic carbocycles. The summed E-state index contributed by atoms with van der Waals surface area (Å²) >= 11 is 6.09. The van der Waals surface area contributed by atoms with E-state index in [-0.39, 0.29) is 5.91 Å². The van der Waals surface area contributed by atoms with Gasteiger partial charge < -0.3 is 19.5 Å². The van der Waals surface area contributed by atoms with Crippen LogP contribution in [-0.4, -0.2) is 26.7 Å². The van der Waals surface area contributed by atoms with E-state index in [1.54, 1.807) is 36.4 Å². The van der Waals surface area contributed by atoms with Gasteiger partial charge in [-0.1, -0.05) is 37.8 Å². The number of unbranched alkanes of at least 4 members (excludes halogenated alkanes) is 3. The molecule has 0 aliphatic heterocycles. The Morgan fingerprint density at radius 3 is 2.33 bits per heavy atom. The van der Waals surface area contributed by atoms with E-state index in [0.717, 1.165) is 12.2 Å². The second-order valence-corrected chi connectivity index (χ2v) is 6.48. The molecule has 6 heteroatoms. The molecule has 2 aromatic rings. The standard InChI is InChI=1S/C21H26ClNO4/c1-4-5-6-7-12-27-16-10-8-15(9-11-16)21(24)23-18-14-19(25-2)17(22)13-20(18)26-3/h8-11,13-14H,4-7,12H2,1-3H3,(H,23,24). The zero-order valence-corrected chi connectivity index (χ0v) is 16.8.